The van der Waals surface area contributed by atoms with Gasteiger partial charge in [-0.3, -0.25) is 9.59 Å². The Morgan fingerprint density at radius 2 is 1.70 bits per heavy atom. The summed E-state index contributed by atoms with van der Waals surface area (Å²) in [6.45, 7) is 7.10. The van der Waals surface area contributed by atoms with Crippen LogP contribution in [0.15, 0.2) is 33.6 Å². The van der Waals surface area contributed by atoms with Crippen molar-refractivity contribution in [3.05, 3.63) is 28.7 Å². The number of rotatable bonds is 7. The first-order chi connectivity index (χ1) is 15.3. The third-order valence-electron chi connectivity index (χ3n) is 7.42. The molecule has 0 spiro atoms. The Morgan fingerprint density at radius 1 is 1.09 bits per heavy atom. The first-order valence-corrected chi connectivity index (χ1v) is 14.0. The van der Waals surface area contributed by atoms with E-state index < -0.39 is 26.5 Å². The van der Waals surface area contributed by atoms with Gasteiger partial charge in [0.1, 0.15) is 5.54 Å². The Kier molecular flexibility index (Phi) is 6.24. The van der Waals surface area contributed by atoms with E-state index in [1.807, 2.05) is 13.8 Å². The van der Waals surface area contributed by atoms with Crippen molar-refractivity contribution in [1.82, 2.24) is 15.4 Å². The van der Waals surface area contributed by atoms with Crippen LogP contribution in [-0.2, 0) is 19.6 Å². The molecule has 7 nitrogen and oxygen atoms in total. The fraction of sp³-hybridized carbons (Fsp3) is 0.667. The van der Waals surface area contributed by atoms with Crippen LogP contribution < -0.4 is 15.4 Å². The summed E-state index contributed by atoms with van der Waals surface area (Å²) in [5.41, 5.74) is -2.27. The van der Waals surface area contributed by atoms with E-state index in [0.29, 0.717) is 22.7 Å². The fourth-order valence-corrected chi connectivity index (χ4v) is 8.97. The van der Waals surface area contributed by atoms with Gasteiger partial charge in [-0.15, -0.1) is 0 Å². The highest BCUT2D eigenvalue weighted by Gasteiger charge is 2.61. The number of halogens is 1. The standard InChI is InChI=1S/C24H34BrN3O4S/c1-15(2)26-21(30)23-10-16-9-17(11-23)13-24(12-16,14-23)27-20(29)22(3,4)28-33(31,32)19-8-6-5-7-18(19)25/h5-8,15-17,28H,9-14H2,1-4H3,(H,26,30)(H,27,29). The van der Waals surface area contributed by atoms with Crippen LogP contribution >= 0.6 is 15.9 Å². The van der Waals surface area contributed by atoms with E-state index in [2.05, 4.69) is 31.3 Å². The van der Waals surface area contributed by atoms with Gasteiger partial charge in [0, 0.05) is 16.1 Å². The molecule has 0 heterocycles. The average molecular weight is 541 g/mol. The first kappa shape index (κ1) is 24.7. The van der Waals surface area contributed by atoms with Crippen molar-refractivity contribution in [1.29, 1.82) is 0 Å². The van der Waals surface area contributed by atoms with E-state index in [9.17, 15) is 18.0 Å². The van der Waals surface area contributed by atoms with E-state index in [0.717, 1.165) is 32.1 Å². The second-order valence-electron chi connectivity index (χ2n) is 11.3. The smallest absolute Gasteiger partial charge is 0.242 e. The van der Waals surface area contributed by atoms with Crippen LogP contribution in [0.1, 0.15) is 66.2 Å². The normalized spacial score (nSPS) is 31.0. The number of carbonyl (C=O) groups excluding carboxylic acids is 2. The number of nitrogens with one attached hydrogen (secondary N) is 3. The molecule has 4 saturated carbocycles. The van der Waals surface area contributed by atoms with E-state index >= 15 is 0 Å². The SMILES string of the molecule is CC(C)NC(=O)C12CC3CC(CC(NC(=O)C(C)(C)NS(=O)(=O)c4ccccc4Br)(C3)C1)C2. The highest BCUT2D eigenvalue weighted by Crippen LogP contribution is 2.61. The summed E-state index contributed by atoms with van der Waals surface area (Å²) in [5.74, 6) is 0.549. The molecule has 2 atom stereocenters. The number of sulfonamides is 1. The Morgan fingerprint density at radius 3 is 2.27 bits per heavy atom. The van der Waals surface area contributed by atoms with Crippen molar-refractivity contribution in [3.63, 3.8) is 0 Å². The molecule has 2 unspecified atom stereocenters. The van der Waals surface area contributed by atoms with Gasteiger partial charge < -0.3 is 10.6 Å². The van der Waals surface area contributed by atoms with Crippen LogP contribution in [0.2, 0.25) is 0 Å². The van der Waals surface area contributed by atoms with E-state index in [-0.39, 0.29) is 22.8 Å². The lowest BCUT2D eigenvalue weighted by Crippen LogP contribution is -2.69. The Bertz CT molecular complexity index is 1060. The van der Waals surface area contributed by atoms with Gasteiger partial charge in [0.25, 0.3) is 0 Å². The predicted molar refractivity (Wildman–Crippen MR) is 130 cm³/mol. The molecule has 4 bridgehead atoms. The third kappa shape index (κ3) is 4.73. The summed E-state index contributed by atoms with van der Waals surface area (Å²) < 4.78 is 29.0. The van der Waals surface area contributed by atoms with Gasteiger partial charge in [0.2, 0.25) is 21.8 Å². The number of carbonyl (C=O) groups is 2. The van der Waals surface area contributed by atoms with Gasteiger partial charge in [0.05, 0.1) is 10.3 Å². The average Bonchev–Trinajstić information content (AvgIpc) is 2.65. The Labute approximate surface area is 205 Å². The second kappa shape index (κ2) is 8.34. The van der Waals surface area contributed by atoms with Crippen molar-refractivity contribution < 1.29 is 18.0 Å². The molecule has 4 aliphatic carbocycles. The lowest BCUT2D eigenvalue weighted by molar-refractivity contribution is -0.154. The third-order valence-corrected chi connectivity index (χ3v) is 10.1. The van der Waals surface area contributed by atoms with Crippen molar-refractivity contribution in [2.75, 3.05) is 0 Å². The maximum atomic E-state index is 13.4. The summed E-state index contributed by atoms with van der Waals surface area (Å²) in [6, 6.07) is 6.60. The minimum atomic E-state index is -3.92. The van der Waals surface area contributed by atoms with Gasteiger partial charge in [-0.1, -0.05) is 12.1 Å². The van der Waals surface area contributed by atoms with Gasteiger partial charge in [-0.25, -0.2) is 8.42 Å². The Hall–Kier alpha value is -1.45. The summed E-state index contributed by atoms with van der Waals surface area (Å²) in [6.07, 6.45) is 5.16. The fourth-order valence-electron chi connectivity index (χ4n) is 6.59. The zero-order chi connectivity index (χ0) is 24.2. The molecule has 33 heavy (non-hydrogen) atoms. The minimum absolute atomic E-state index is 0.0710. The molecule has 0 radical (unpaired) electrons. The quantitative estimate of drug-likeness (QED) is 0.493. The lowest BCUT2D eigenvalue weighted by Gasteiger charge is -2.61. The van der Waals surface area contributed by atoms with Gasteiger partial charge >= 0.3 is 0 Å². The number of amides is 2. The van der Waals surface area contributed by atoms with Crippen LogP contribution in [0.4, 0.5) is 0 Å². The molecule has 0 aliphatic heterocycles. The molecule has 182 valence electrons. The van der Waals surface area contributed by atoms with Crippen LogP contribution in [0.5, 0.6) is 0 Å². The second-order valence-corrected chi connectivity index (χ2v) is 13.8. The molecule has 4 aliphatic rings. The Balaban J connectivity index is 1.54. The molecule has 5 rings (SSSR count). The van der Waals surface area contributed by atoms with E-state index in [1.54, 1.807) is 32.0 Å². The molecule has 9 heteroatoms. The molecule has 0 aromatic heterocycles. The van der Waals surface area contributed by atoms with Gasteiger partial charge in [0.15, 0.2) is 0 Å². The summed E-state index contributed by atoms with van der Waals surface area (Å²) >= 11 is 3.28. The first-order valence-electron chi connectivity index (χ1n) is 11.7. The number of benzene rings is 1. The predicted octanol–water partition coefficient (Wildman–Crippen LogP) is 3.49. The molecule has 4 fully saturated rings. The van der Waals surface area contributed by atoms with Crippen molar-refractivity contribution in [2.24, 2.45) is 17.3 Å². The van der Waals surface area contributed by atoms with Crippen molar-refractivity contribution in [2.45, 2.75) is 88.2 Å². The highest BCUT2D eigenvalue weighted by molar-refractivity contribution is 9.10. The van der Waals surface area contributed by atoms with Crippen LogP contribution in [0, 0.1) is 17.3 Å². The number of hydrogen-bond acceptors (Lipinski definition) is 4. The topological polar surface area (TPSA) is 104 Å². The van der Waals surface area contributed by atoms with Crippen molar-refractivity contribution in [3.8, 4) is 0 Å². The maximum absolute atomic E-state index is 13.4. The highest BCUT2D eigenvalue weighted by atomic mass is 79.9. The zero-order valence-corrected chi connectivity index (χ0v) is 22.1. The monoisotopic (exact) mass is 539 g/mol. The van der Waals surface area contributed by atoms with E-state index in [4.69, 9.17) is 0 Å². The van der Waals surface area contributed by atoms with Crippen LogP contribution in [-0.4, -0.2) is 37.4 Å². The molecule has 1 aromatic carbocycles. The minimum Gasteiger partial charge on any atom is -0.353 e. The molecule has 0 saturated heterocycles. The van der Waals surface area contributed by atoms with Crippen LogP contribution in [0.3, 0.4) is 0 Å². The van der Waals surface area contributed by atoms with Gasteiger partial charge in [-0.05, 0) is 106 Å². The zero-order valence-electron chi connectivity index (χ0n) is 19.7. The summed E-state index contributed by atoms with van der Waals surface area (Å²) in [7, 11) is -3.92. The molecule has 2 amide bonds. The maximum Gasteiger partial charge on any atom is 0.242 e. The lowest BCUT2D eigenvalue weighted by atomic mass is 9.46. The molecular weight excluding hydrogens is 506 g/mol. The van der Waals surface area contributed by atoms with Crippen LogP contribution in [0.25, 0.3) is 0 Å². The molecule has 3 N–H and O–H groups in total. The summed E-state index contributed by atoms with van der Waals surface area (Å²) in [5, 5.41) is 6.34. The molecular formula is C24H34BrN3O4S. The van der Waals surface area contributed by atoms with E-state index in [1.165, 1.54) is 6.07 Å². The van der Waals surface area contributed by atoms with Crippen molar-refractivity contribution >= 4 is 37.8 Å². The van der Waals surface area contributed by atoms with Gasteiger partial charge in [-0.2, -0.15) is 4.72 Å². The summed E-state index contributed by atoms with van der Waals surface area (Å²) in [4.78, 5) is 26.7. The molecule has 1 aromatic rings. The largest absolute Gasteiger partial charge is 0.353 e. The number of hydrogen-bond donors (Lipinski definition) is 3.